The summed E-state index contributed by atoms with van der Waals surface area (Å²) >= 11 is 6.48. The van der Waals surface area contributed by atoms with Gasteiger partial charge in [-0.1, -0.05) is 71.8 Å². The van der Waals surface area contributed by atoms with Crippen LogP contribution in [0.5, 0.6) is 0 Å². The molecule has 0 aliphatic carbocycles. The van der Waals surface area contributed by atoms with E-state index in [-0.39, 0.29) is 12.0 Å². The summed E-state index contributed by atoms with van der Waals surface area (Å²) in [6.45, 7) is 4.69. The van der Waals surface area contributed by atoms with Crippen LogP contribution in [-0.4, -0.2) is 29.3 Å². The molecule has 0 fully saturated rings. The van der Waals surface area contributed by atoms with Crippen LogP contribution in [-0.2, 0) is 11.3 Å². The van der Waals surface area contributed by atoms with Gasteiger partial charge in [0.2, 0.25) is 0 Å². The van der Waals surface area contributed by atoms with Crippen molar-refractivity contribution in [3.63, 3.8) is 0 Å². The number of amides is 1. The SMILES string of the molecule is COC(CNC(=O)c1c(C)nn(Cc2ccc(C)cc2)c1Cl)c1ccccc1. The molecular formula is C22H24ClN3O2. The zero-order valence-corrected chi connectivity index (χ0v) is 17.0. The second-order valence-corrected chi connectivity index (χ2v) is 7.10. The summed E-state index contributed by atoms with van der Waals surface area (Å²) in [5.41, 5.74) is 4.27. The van der Waals surface area contributed by atoms with Gasteiger partial charge >= 0.3 is 0 Å². The molecule has 0 saturated carbocycles. The zero-order chi connectivity index (χ0) is 20.1. The Balaban J connectivity index is 1.71. The van der Waals surface area contributed by atoms with Crippen molar-refractivity contribution < 1.29 is 9.53 Å². The normalized spacial score (nSPS) is 12.0. The first-order valence-corrected chi connectivity index (χ1v) is 9.51. The average molecular weight is 398 g/mol. The van der Waals surface area contributed by atoms with Crippen LogP contribution < -0.4 is 5.32 Å². The Hall–Kier alpha value is -2.63. The van der Waals surface area contributed by atoms with E-state index in [0.717, 1.165) is 11.1 Å². The van der Waals surface area contributed by atoms with E-state index in [1.54, 1.807) is 18.7 Å². The minimum Gasteiger partial charge on any atom is -0.375 e. The minimum absolute atomic E-state index is 0.230. The van der Waals surface area contributed by atoms with E-state index in [1.807, 2.05) is 61.5 Å². The number of aryl methyl sites for hydroxylation is 2. The maximum Gasteiger partial charge on any atom is 0.256 e. The number of aromatic nitrogens is 2. The molecule has 1 atom stereocenters. The quantitative estimate of drug-likeness (QED) is 0.646. The standard InChI is InChI=1S/C22H24ClN3O2/c1-15-9-11-17(12-10-15)14-26-21(23)20(16(2)25-26)22(27)24-13-19(28-3)18-7-5-4-6-8-18/h4-12,19H,13-14H2,1-3H3,(H,24,27). The van der Waals surface area contributed by atoms with Gasteiger partial charge < -0.3 is 10.1 Å². The van der Waals surface area contributed by atoms with Gasteiger partial charge in [0.1, 0.15) is 5.15 Å². The topological polar surface area (TPSA) is 56.1 Å². The van der Waals surface area contributed by atoms with Crippen LogP contribution in [0.25, 0.3) is 0 Å². The van der Waals surface area contributed by atoms with Crippen LogP contribution in [0.3, 0.4) is 0 Å². The molecule has 0 saturated heterocycles. The molecule has 28 heavy (non-hydrogen) atoms. The van der Waals surface area contributed by atoms with Gasteiger partial charge in [-0.15, -0.1) is 0 Å². The predicted octanol–water partition coefficient (Wildman–Crippen LogP) is 4.32. The van der Waals surface area contributed by atoms with Crippen molar-refractivity contribution in [3.8, 4) is 0 Å². The Morgan fingerprint density at radius 3 is 2.46 bits per heavy atom. The molecule has 1 unspecified atom stereocenters. The van der Waals surface area contributed by atoms with Crippen LogP contribution in [0.2, 0.25) is 5.15 Å². The van der Waals surface area contributed by atoms with Gasteiger partial charge in [-0.2, -0.15) is 5.10 Å². The van der Waals surface area contributed by atoms with E-state index in [4.69, 9.17) is 16.3 Å². The Morgan fingerprint density at radius 1 is 1.14 bits per heavy atom. The highest BCUT2D eigenvalue weighted by atomic mass is 35.5. The second-order valence-electron chi connectivity index (χ2n) is 6.74. The second kappa shape index (κ2) is 9.04. The lowest BCUT2D eigenvalue weighted by atomic mass is 10.1. The van der Waals surface area contributed by atoms with Gasteiger partial charge in [0.25, 0.3) is 5.91 Å². The highest BCUT2D eigenvalue weighted by molar-refractivity contribution is 6.33. The monoisotopic (exact) mass is 397 g/mol. The summed E-state index contributed by atoms with van der Waals surface area (Å²) in [6, 6.07) is 17.9. The van der Waals surface area contributed by atoms with Crippen LogP contribution in [0, 0.1) is 13.8 Å². The van der Waals surface area contributed by atoms with Gasteiger partial charge in [0, 0.05) is 13.7 Å². The lowest BCUT2D eigenvalue weighted by Gasteiger charge is -2.16. The van der Waals surface area contributed by atoms with Crippen LogP contribution in [0.1, 0.15) is 38.8 Å². The fourth-order valence-corrected chi connectivity index (χ4v) is 3.38. The van der Waals surface area contributed by atoms with Gasteiger partial charge in [0.15, 0.2) is 0 Å². The van der Waals surface area contributed by atoms with Gasteiger partial charge in [-0.05, 0) is 25.0 Å². The highest BCUT2D eigenvalue weighted by Gasteiger charge is 2.21. The molecule has 0 aliphatic rings. The molecule has 1 heterocycles. The summed E-state index contributed by atoms with van der Waals surface area (Å²) in [5, 5.41) is 7.70. The van der Waals surface area contributed by atoms with Crippen molar-refractivity contribution in [3.05, 3.63) is 87.7 Å². The summed E-state index contributed by atoms with van der Waals surface area (Å²) in [5.74, 6) is -0.254. The van der Waals surface area contributed by atoms with Crippen molar-refractivity contribution in [2.24, 2.45) is 0 Å². The number of carbonyl (C=O) groups is 1. The van der Waals surface area contributed by atoms with Gasteiger partial charge in [-0.3, -0.25) is 4.79 Å². The number of hydrogen-bond acceptors (Lipinski definition) is 3. The maximum atomic E-state index is 12.7. The minimum atomic E-state index is -0.254. The third kappa shape index (κ3) is 4.61. The fourth-order valence-electron chi connectivity index (χ4n) is 3.06. The van der Waals surface area contributed by atoms with E-state index in [0.29, 0.717) is 29.5 Å². The lowest BCUT2D eigenvalue weighted by Crippen LogP contribution is -2.29. The first-order chi connectivity index (χ1) is 13.5. The molecule has 0 aliphatic heterocycles. The molecular weight excluding hydrogens is 374 g/mol. The average Bonchev–Trinajstić information content (AvgIpc) is 2.98. The van der Waals surface area contributed by atoms with Crippen LogP contribution in [0.4, 0.5) is 0 Å². The number of hydrogen-bond donors (Lipinski definition) is 1. The molecule has 1 N–H and O–H groups in total. The van der Waals surface area contributed by atoms with Crippen LogP contribution >= 0.6 is 11.6 Å². The summed E-state index contributed by atoms with van der Waals surface area (Å²) in [7, 11) is 1.63. The summed E-state index contributed by atoms with van der Waals surface area (Å²) in [6.07, 6.45) is -0.230. The van der Waals surface area contributed by atoms with Gasteiger partial charge in [-0.25, -0.2) is 4.68 Å². The molecule has 6 heteroatoms. The number of ether oxygens (including phenoxy) is 1. The molecule has 2 aromatic carbocycles. The Morgan fingerprint density at radius 2 is 1.82 bits per heavy atom. The molecule has 0 radical (unpaired) electrons. The number of halogens is 1. The largest absolute Gasteiger partial charge is 0.375 e. The Kier molecular flexibility index (Phi) is 6.49. The van der Waals surface area contributed by atoms with Crippen molar-refractivity contribution >= 4 is 17.5 Å². The van der Waals surface area contributed by atoms with Crippen molar-refractivity contribution in [1.29, 1.82) is 0 Å². The Labute approximate surface area is 170 Å². The van der Waals surface area contributed by atoms with E-state index >= 15 is 0 Å². The summed E-state index contributed by atoms with van der Waals surface area (Å²) < 4.78 is 7.16. The number of rotatable bonds is 7. The number of carbonyl (C=O) groups excluding carboxylic acids is 1. The fraction of sp³-hybridized carbons (Fsp3) is 0.273. The molecule has 1 aromatic heterocycles. The Bertz CT molecular complexity index is 936. The molecule has 0 bridgehead atoms. The van der Waals surface area contributed by atoms with E-state index < -0.39 is 0 Å². The molecule has 1 amide bonds. The van der Waals surface area contributed by atoms with E-state index in [1.165, 1.54) is 5.56 Å². The number of methoxy groups -OCH3 is 1. The number of nitrogens with zero attached hydrogens (tertiary/aromatic N) is 2. The first kappa shape index (κ1) is 20.1. The highest BCUT2D eigenvalue weighted by Crippen LogP contribution is 2.22. The molecule has 3 aromatic rings. The van der Waals surface area contributed by atoms with E-state index in [9.17, 15) is 4.79 Å². The molecule has 0 spiro atoms. The third-order valence-electron chi connectivity index (χ3n) is 4.65. The molecule has 5 nitrogen and oxygen atoms in total. The number of nitrogens with one attached hydrogen (secondary N) is 1. The van der Waals surface area contributed by atoms with Gasteiger partial charge in [0.05, 0.1) is 23.9 Å². The zero-order valence-electron chi connectivity index (χ0n) is 16.3. The van der Waals surface area contributed by atoms with Crippen molar-refractivity contribution in [1.82, 2.24) is 15.1 Å². The number of benzene rings is 2. The smallest absolute Gasteiger partial charge is 0.256 e. The molecule has 146 valence electrons. The van der Waals surface area contributed by atoms with Crippen molar-refractivity contribution in [2.45, 2.75) is 26.5 Å². The summed E-state index contributed by atoms with van der Waals surface area (Å²) in [4.78, 5) is 12.7. The molecule has 3 rings (SSSR count). The third-order valence-corrected chi connectivity index (χ3v) is 5.03. The van der Waals surface area contributed by atoms with Crippen LogP contribution in [0.15, 0.2) is 54.6 Å². The maximum absolute atomic E-state index is 12.7. The van der Waals surface area contributed by atoms with Crippen molar-refractivity contribution in [2.75, 3.05) is 13.7 Å². The van der Waals surface area contributed by atoms with E-state index in [2.05, 4.69) is 10.4 Å². The lowest BCUT2D eigenvalue weighted by molar-refractivity contribution is 0.0827. The predicted molar refractivity (Wildman–Crippen MR) is 111 cm³/mol. The first-order valence-electron chi connectivity index (χ1n) is 9.14.